The Morgan fingerprint density at radius 2 is 1.97 bits per heavy atom. The quantitative estimate of drug-likeness (QED) is 0.525. The predicted octanol–water partition coefficient (Wildman–Crippen LogP) is 5.23. The van der Waals surface area contributed by atoms with Crippen LogP contribution in [-0.4, -0.2) is 39.9 Å². The van der Waals surface area contributed by atoms with E-state index in [0.29, 0.717) is 11.6 Å². The summed E-state index contributed by atoms with van der Waals surface area (Å²) in [5.41, 5.74) is 4.82. The van der Waals surface area contributed by atoms with E-state index in [4.69, 9.17) is 5.10 Å². The Kier molecular flexibility index (Phi) is 6.92. The summed E-state index contributed by atoms with van der Waals surface area (Å²) in [6, 6.07) is 10.1. The van der Waals surface area contributed by atoms with Gasteiger partial charge in [0.05, 0.1) is 22.4 Å². The zero-order valence-corrected chi connectivity index (χ0v) is 22.2. The molecule has 2 amide bonds. The maximum absolute atomic E-state index is 13.5. The first-order valence-electron chi connectivity index (χ1n) is 11.5. The van der Waals surface area contributed by atoms with Crippen LogP contribution in [0, 0.1) is 6.92 Å². The van der Waals surface area contributed by atoms with Crippen LogP contribution >= 0.6 is 23.1 Å². The number of carbonyl (C=O) groups is 2. The highest BCUT2D eigenvalue weighted by molar-refractivity contribution is 8.00. The zero-order valence-electron chi connectivity index (χ0n) is 20.6. The molecule has 0 unspecified atom stereocenters. The van der Waals surface area contributed by atoms with Crippen molar-refractivity contribution in [1.82, 2.24) is 15.1 Å². The Morgan fingerprint density at radius 3 is 2.59 bits per heavy atom. The first kappa shape index (κ1) is 24.5. The molecule has 0 aliphatic carbocycles. The second kappa shape index (κ2) is 9.58. The summed E-state index contributed by atoms with van der Waals surface area (Å²) >= 11 is 3.26. The molecule has 1 aromatic carbocycles. The van der Waals surface area contributed by atoms with Crippen LogP contribution in [0.5, 0.6) is 0 Å². The van der Waals surface area contributed by atoms with Gasteiger partial charge in [-0.05, 0) is 54.8 Å². The van der Waals surface area contributed by atoms with Gasteiger partial charge in [-0.1, -0.05) is 39.0 Å². The lowest BCUT2D eigenvalue weighted by molar-refractivity contribution is -0.123. The summed E-state index contributed by atoms with van der Waals surface area (Å²) in [5.74, 6) is 0.729. The van der Waals surface area contributed by atoms with Crippen LogP contribution in [0.2, 0.25) is 0 Å². The fourth-order valence-electron chi connectivity index (χ4n) is 4.24. The minimum atomic E-state index is -0.258. The molecule has 34 heavy (non-hydrogen) atoms. The summed E-state index contributed by atoms with van der Waals surface area (Å²) in [6.07, 6.45) is 0. The van der Waals surface area contributed by atoms with Crippen molar-refractivity contribution < 1.29 is 9.59 Å². The molecule has 0 saturated carbocycles. The average Bonchev–Trinajstić information content (AvgIpc) is 3.38. The molecule has 8 heteroatoms. The van der Waals surface area contributed by atoms with Gasteiger partial charge in [0.2, 0.25) is 11.8 Å². The number of aryl methyl sites for hydroxylation is 1. The van der Waals surface area contributed by atoms with E-state index in [9.17, 15) is 9.59 Å². The van der Waals surface area contributed by atoms with Gasteiger partial charge in [0.1, 0.15) is 12.4 Å². The van der Waals surface area contributed by atoms with Gasteiger partial charge in [-0.3, -0.25) is 14.5 Å². The molecular formula is C26H32N4O2S2. The van der Waals surface area contributed by atoms with E-state index >= 15 is 0 Å². The molecule has 4 rings (SSSR count). The van der Waals surface area contributed by atoms with E-state index in [-0.39, 0.29) is 35.1 Å². The second-order valence-electron chi connectivity index (χ2n) is 9.98. The van der Waals surface area contributed by atoms with Gasteiger partial charge in [-0.25, -0.2) is 4.68 Å². The second-order valence-corrected chi connectivity index (χ2v) is 11.9. The van der Waals surface area contributed by atoms with Crippen molar-refractivity contribution >= 4 is 40.7 Å². The fraction of sp³-hybridized carbons (Fsp3) is 0.423. The Labute approximate surface area is 209 Å². The van der Waals surface area contributed by atoms with Crippen LogP contribution in [0.4, 0.5) is 5.82 Å². The Morgan fingerprint density at radius 1 is 1.24 bits per heavy atom. The molecule has 0 saturated heterocycles. The van der Waals surface area contributed by atoms with Crippen molar-refractivity contribution in [1.29, 1.82) is 0 Å². The Bertz CT molecular complexity index is 1190. The third-order valence-corrected chi connectivity index (χ3v) is 7.70. The highest BCUT2D eigenvalue weighted by Gasteiger charge is 2.40. The monoisotopic (exact) mass is 496 g/mol. The number of para-hydroxylation sites is 1. The molecule has 3 aromatic rings. The van der Waals surface area contributed by atoms with Gasteiger partial charge in [-0.2, -0.15) is 16.4 Å². The van der Waals surface area contributed by atoms with Crippen LogP contribution in [0.1, 0.15) is 62.3 Å². The molecule has 0 spiro atoms. The number of rotatable bonds is 5. The predicted molar refractivity (Wildman–Crippen MR) is 141 cm³/mol. The summed E-state index contributed by atoms with van der Waals surface area (Å²) in [6.45, 7) is 12.3. The van der Waals surface area contributed by atoms with Crippen LogP contribution in [0.15, 0.2) is 41.1 Å². The largest absolute Gasteiger partial charge is 0.352 e. The number of hydrogen-bond acceptors (Lipinski definition) is 5. The van der Waals surface area contributed by atoms with Crippen molar-refractivity contribution in [2.75, 3.05) is 17.2 Å². The third-order valence-electron chi connectivity index (χ3n) is 5.74. The van der Waals surface area contributed by atoms with Gasteiger partial charge in [0.25, 0.3) is 0 Å². The Hall–Kier alpha value is -2.58. The molecule has 1 atom stereocenters. The molecule has 0 fully saturated rings. The number of thiophene rings is 1. The summed E-state index contributed by atoms with van der Waals surface area (Å²) in [7, 11) is 0. The lowest BCUT2D eigenvalue weighted by Crippen LogP contribution is -2.44. The minimum Gasteiger partial charge on any atom is -0.352 e. The van der Waals surface area contributed by atoms with Crippen molar-refractivity contribution in [3.63, 3.8) is 0 Å². The summed E-state index contributed by atoms with van der Waals surface area (Å²) < 4.78 is 1.89. The normalized spacial score (nSPS) is 16.5. The maximum atomic E-state index is 13.5. The first-order valence-corrected chi connectivity index (χ1v) is 13.5. The molecular weight excluding hydrogens is 464 g/mol. The summed E-state index contributed by atoms with van der Waals surface area (Å²) in [5, 5.41) is 12.2. The molecule has 0 radical (unpaired) electrons. The van der Waals surface area contributed by atoms with Gasteiger partial charge < -0.3 is 5.32 Å². The van der Waals surface area contributed by atoms with E-state index in [1.165, 1.54) is 0 Å². The number of nitrogens with one attached hydrogen (secondary N) is 1. The van der Waals surface area contributed by atoms with Gasteiger partial charge in [0, 0.05) is 17.0 Å². The number of anilines is 1. The van der Waals surface area contributed by atoms with Crippen molar-refractivity contribution in [3.05, 3.63) is 63.5 Å². The van der Waals surface area contributed by atoms with Crippen LogP contribution in [0.25, 0.3) is 5.69 Å². The molecule has 1 aliphatic rings. The van der Waals surface area contributed by atoms with E-state index < -0.39 is 0 Å². The number of thioether (sulfide) groups is 1. The molecule has 1 N–H and O–H groups in total. The van der Waals surface area contributed by atoms with Crippen LogP contribution in [0.3, 0.4) is 0 Å². The van der Waals surface area contributed by atoms with Crippen LogP contribution < -0.4 is 10.2 Å². The molecule has 2 aromatic heterocycles. The lowest BCUT2D eigenvalue weighted by Gasteiger charge is -2.24. The minimum absolute atomic E-state index is 0.00612. The number of benzene rings is 1. The molecule has 1 aliphatic heterocycles. The standard InChI is InChI=1S/C26H32N4O2S2/c1-16(2)27-20(31)13-29-21(32)15-34-23(18-11-12-33-14-18)22-24(26(4,5)6)28-30(25(22)29)19-10-8-7-9-17(19)3/h7-12,14,16,23H,13,15H2,1-6H3,(H,27,31)/t23-/m1/s1. The van der Waals surface area contributed by atoms with E-state index in [1.54, 1.807) is 28.0 Å². The van der Waals surface area contributed by atoms with Gasteiger partial charge in [-0.15, -0.1) is 11.8 Å². The SMILES string of the molecule is Cc1ccccc1-n1nc(C(C)(C)C)c2c1N(CC(=O)NC(C)C)C(=O)CS[C@@H]2c1ccsc1. The van der Waals surface area contributed by atoms with Crippen molar-refractivity contribution in [2.45, 2.75) is 58.2 Å². The van der Waals surface area contributed by atoms with E-state index in [1.807, 2.05) is 49.7 Å². The molecule has 0 bridgehead atoms. The first-order chi connectivity index (χ1) is 16.1. The number of aromatic nitrogens is 2. The molecule has 6 nitrogen and oxygen atoms in total. The topological polar surface area (TPSA) is 67.2 Å². The maximum Gasteiger partial charge on any atom is 0.240 e. The zero-order chi connectivity index (χ0) is 24.6. The highest BCUT2D eigenvalue weighted by Crippen LogP contribution is 2.48. The van der Waals surface area contributed by atoms with Crippen molar-refractivity contribution in [2.24, 2.45) is 0 Å². The van der Waals surface area contributed by atoms with Gasteiger partial charge in [0.15, 0.2) is 0 Å². The number of carbonyl (C=O) groups excluding carboxylic acids is 2. The lowest BCUT2D eigenvalue weighted by atomic mass is 9.87. The smallest absolute Gasteiger partial charge is 0.240 e. The molecule has 180 valence electrons. The van der Waals surface area contributed by atoms with Crippen LogP contribution in [-0.2, 0) is 15.0 Å². The van der Waals surface area contributed by atoms with E-state index in [0.717, 1.165) is 28.1 Å². The number of nitrogens with zero attached hydrogens (tertiary/aromatic N) is 3. The Balaban J connectivity index is 2.01. The third kappa shape index (κ3) is 4.79. The number of amides is 2. The van der Waals surface area contributed by atoms with E-state index in [2.05, 4.69) is 42.9 Å². The van der Waals surface area contributed by atoms with Crippen molar-refractivity contribution in [3.8, 4) is 5.69 Å². The number of hydrogen-bond donors (Lipinski definition) is 1. The number of fused-ring (bicyclic) bond motifs is 1. The highest BCUT2D eigenvalue weighted by atomic mass is 32.2. The van der Waals surface area contributed by atoms with Gasteiger partial charge >= 0.3 is 0 Å². The molecule has 3 heterocycles. The average molecular weight is 497 g/mol. The summed E-state index contributed by atoms with van der Waals surface area (Å²) in [4.78, 5) is 28.0. The fourth-order valence-corrected chi connectivity index (χ4v) is 6.20.